The normalized spacial score (nSPS) is 26.9. The zero-order chi connectivity index (χ0) is 20.9. The Morgan fingerprint density at radius 3 is 2.43 bits per heavy atom. The van der Waals surface area contributed by atoms with Crippen LogP contribution in [0.4, 0.5) is 0 Å². The number of piperidine rings is 1. The number of hydrogen-bond acceptors (Lipinski definition) is 3. The first-order chi connectivity index (χ1) is 13.9. The number of nitrogens with zero attached hydrogens (tertiary/aromatic N) is 3. The lowest BCUT2D eigenvalue weighted by Crippen LogP contribution is -2.56. The highest BCUT2D eigenvalue weighted by molar-refractivity contribution is 14.0. The molecule has 2 unspecified atom stereocenters. The highest BCUT2D eigenvalue weighted by atomic mass is 127. The molecule has 0 aromatic carbocycles. The standard InChI is InChI=1S/C23H43N5O.HI/c1-18-9-8-13-28(15-18)23(2,3)17-25-22(24-4)26-20-12-14-27(16-20)21(29)19-10-6-5-7-11-19;/h18-20H,5-17H2,1-4H3,(H2,24,25,26);1H. The minimum atomic E-state index is 0. The summed E-state index contributed by atoms with van der Waals surface area (Å²) in [6.07, 6.45) is 9.55. The number of aliphatic imine (C=N–C) groups is 1. The van der Waals surface area contributed by atoms with Crippen LogP contribution in [0.25, 0.3) is 0 Å². The summed E-state index contributed by atoms with van der Waals surface area (Å²) in [4.78, 5) is 21.9. The molecule has 3 aliphatic rings. The summed E-state index contributed by atoms with van der Waals surface area (Å²) in [5.41, 5.74) is 0.102. The van der Waals surface area contributed by atoms with Crippen LogP contribution in [0, 0.1) is 11.8 Å². The van der Waals surface area contributed by atoms with Crippen molar-refractivity contribution in [3.8, 4) is 0 Å². The number of carbonyl (C=O) groups excluding carboxylic acids is 1. The maximum Gasteiger partial charge on any atom is 0.225 e. The second-order valence-electron chi connectivity index (χ2n) is 10.2. The fraction of sp³-hybridized carbons (Fsp3) is 0.913. The SMILES string of the molecule is CN=C(NCC(C)(C)N1CCCC(C)C1)NC1CCN(C(=O)C2CCCCC2)C1.I. The molecule has 1 saturated carbocycles. The topological polar surface area (TPSA) is 60.0 Å². The fourth-order valence-corrected chi connectivity index (χ4v) is 5.23. The minimum Gasteiger partial charge on any atom is -0.355 e. The predicted molar refractivity (Wildman–Crippen MR) is 136 cm³/mol. The van der Waals surface area contributed by atoms with Gasteiger partial charge in [-0.1, -0.05) is 26.2 Å². The average Bonchev–Trinajstić information content (AvgIpc) is 3.19. The summed E-state index contributed by atoms with van der Waals surface area (Å²) >= 11 is 0. The number of carbonyl (C=O) groups is 1. The molecule has 0 aromatic rings. The summed E-state index contributed by atoms with van der Waals surface area (Å²) in [5.74, 6) is 2.30. The van der Waals surface area contributed by atoms with Crippen LogP contribution in [0.2, 0.25) is 0 Å². The van der Waals surface area contributed by atoms with E-state index in [1.807, 2.05) is 7.05 Å². The van der Waals surface area contributed by atoms with Gasteiger partial charge in [0.15, 0.2) is 5.96 Å². The van der Waals surface area contributed by atoms with Gasteiger partial charge >= 0.3 is 0 Å². The molecular weight excluding hydrogens is 489 g/mol. The molecule has 3 fully saturated rings. The number of halogens is 1. The molecular formula is C23H44IN5O. The van der Waals surface area contributed by atoms with Crippen molar-refractivity contribution in [2.45, 2.75) is 83.7 Å². The second-order valence-corrected chi connectivity index (χ2v) is 10.2. The van der Waals surface area contributed by atoms with E-state index in [2.05, 4.69) is 46.2 Å². The van der Waals surface area contributed by atoms with E-state index >= 15 is 0 Å². The zero-order valence-electron chi connectivity index (χ0n) is 19.6. The first kappa shape index (κ1) is 25.7. The van der Waals surface area contributed by atoms with E-state index in [0.29, 0.717) is 11.9 Å². The van der Waals surface area contributed by atoms with Gasteiger partial charge in [-0.25, -0.2) is 0 Å². The Kier molecular flexibility index (Phi) is 10.2. The Labute approximate surface area is 201 Å². The highest BCUT2D eigenvalue weighted by Gasteiger charge is 2.33. The molecule has 2 atom stereocenters. The predicted octanol–water partition coefficient (Wildman–Crippen LogP) is 3.46. The Morgan fingerprint density at radius 1 is 1.03 bits per heavy atom. The molecule has 2 aliphatic heterocycles. The molecule has 1 aliphatic carbocycles. The molecule has 2 N–H and O–H groups in total. The van der Waals surface area contributed by atoms with Crippen LogP contribution < -0.4 is 10.6 Å². The maximum absolute atomic E-state index is 12.8. The van der Waals surface area contributed by atoms with Crippen molar-refractivity contribution in [2.75, 3.05) is 39.8 Å². The third-order valence-corrected chi connectivity index (χ3v) is 7.22. The first-order valence-corrected chi connectivity index (χ1v) is 11.9. The van der Waals surface area contributed by atoms with E-state index in [9.17, 15) is 4.79 Å². The van der Waals surface area contributed by atoms with Crippen molar-refractivity contribution in [3.05, 3.63) is 0 Å². The van der Waals surface area contributed by atoms with Gasteiger partial charge in [0.25, 0.3) is 0 Å². The maximum atomic E-state index is 12.8. The summed E-state index contributed by atoms with van der Waals surface area (Å²) in [7, 11) is 1.84. The largest absolute Gasteiger partial charge is 0.355 e. The van der Waals surface area contributed by atoms with Crippen molar-refractivity contribution >= 4 is 35.8 Å². The molecule has 174 valence electrons. The van der Waals surface area contributed by atoms with Gasteiger partial charge in [-0.3, -0.25) is 14.7 Å². The summed E-state index contributed by atoms with van der Waals surface area (Å²) < 4.78 is 0. The Balaban J connectivity index is 0.00000320. The van der Waals surface area contributed by atoms with Gasteiger partial charge in [-0.05, 0) is 58.4 Å². The molecule has 0 spiro atoms. The van der Waals surface area contributed by atoms with Crippen LogP contribution in [0.1, 0.15) is 72.1 Å². The molecule has 0 bridgehead atoms. The third kappa shape index (κ3) is 6.97. The van der Waals surface area contributed by atoms with Gasteiger partial charge in [0.1, 0.15) is 0 Å². The van der Waals surface area contributed by atoms with Crippen LogP contribution in [-0.4, -0.2) is 73.0 Å². The van der Waals surface area contributed by atoms with E-state index in [4.69, 9.17) is 0 Å². The lowest BCUT2D eigenvalue weighted by Gasteiger charge is -2.43. The second kappa shape index (κ2) is 11.9. The van der Waals surface area contributed by atoms with E-state index in [0.717, 1.165) is 50.8 Å². The first-order valence-electron chi connectivity index (χ1n) is 11.9. The van der Waals surface area contributed by atoms with Crippen molar-refractivity contribution in [3.63, 3.8) is 0 Å². The van der Waals surface area contributed by atoms with E-state index in [1.54, 1.807) is 0 Å². The molecule has 1 amide bonds. The van der Waals surface area contributed by atoms with E-state index in [-0.39, 0.29) is 35.4 Å². The number of hydrogen-bond donors (Lipinski definition) is 2. The fourth-order valence-electron chi connectivity index (χ4n) is 5.23. The number of amides is 1. The Morgan fingerprint density at radius 2 is 1.77 bits per heavy atom. The Bertz CT molecular complexity index is 576. The van der Waals surface area contributed by atoms with E-state index in [1.165, 1.54) is 45.2 Å². The summed E-state index contributed by atoms with van der Waals surface area (Å²) in [6.45, 7) is 11.9. The molecule has 30 heavy (non-hydrogen) atoms. The van der Waals surface area contributed by atoms with Gasteiger partial charge in [0, 0.05) is 50.7 Å². The Hall–Kier alpha value is -0.570. The average molecular weight is 534 g/mol. The molecule has 7 heteroatoms. The van der Waals surface area contributed by atoms with Crippen molar-refractivity contribution in [2.24, 2.45) is 16.8 Å². The van der Waals surface area contributed by atoms with Gasteiger partial charge in [-0.2, -0.15) is 0 Å². The lowest BCUT2D eigenvalue weighted by atomic mass is 9.88. The number of likely N-dealkylation sites (tertiary alicyclic amines) is 2. The molecule has 2 saturated heterocycles. The van der Waals surface area contributed by atoms with Crippen molar-refractivity contribution in [1.82, 2.24) is 20.4 Å². The smallest absolute Gasteiger partial charge is 0.225 e. The van der Waals surface area contributed by atoms with E-state index < -0.39 is 0 Å². The quantitative estimate of drug-likeness (QED) is 0.323. The van der Waals surface area contributed by atoms with Crippen LogP contribution in [0.15, 0.2) is 4.99 Å². The van der Waals surface area contributed by atoms with Crippen molar-refractivity contribution in [1.29, 1.82) is 0 Å². The summed E-state index contributed by atoms with van der Waals surface area (Å²) in [5, 5.41) is 7.11. The number of guanidine groups is 1. The molecule has 6 nitrogen and oxygen atoms in total. The number of rotatable bonds is 5. The monoisotopic (exact) mass is 533 g/mol. The molecule has 2 heterocycles. The van der Waals surface area contributed by atoms with Gasteiger partial charge < -0.3 is 15.5 Å². The van der Waals surface area contributed by atoms with Crippen molar-refractivity contribution < 1.29 is 4.79 Å². The van der Waals surface area contributed by atoms with Crippen LogP contribution >= 0.6 is 24.0 Å². The molecule has 0 radical (unpaired) electrons. The summed E-state index contributed by atoms with van der Waals surface area (Å²) in [6, 6.07) is 0.298. The van der Waals surface area contributed by atoms with Gasteiger partial charge in [0.2, 0.25) is 5.91 Å². The zero-order valence-corrected chi connectivity index (χ0v) is 21.9. The van der Waals surface area contributed by atoms with Crippen LogP contribution in [0.5, 0.6) is 0 Å². The lowest BCUT2D eigenvalue weighted by molar-refractivity contribution is -0.135. The molecule has 3 rings (SSSR count). The van der Waals surface area contributed by atoms with Gasteiger partial charge in [-0.15, -0.1) is 24.0 Å². The van der Waals surface area contributed by atoms with Crippen LogP contribution in [0.3, 0.4) is 0 Å². The highest BCUT2D eigenvalue weighted by Crippen LogP contribution is 2.27. The molecule has 0 aromatic heterocycles. The van der Waals surface area contributed by atoms with Gasteiger partial charge in [0.05, 0.1) is 0 Å². The minimum absolute atomic E-state index is 0. The third-order valence-electron chi connectivity index (χ3n) is 7.22. The number of nitrogens with one attached hydrogen (secondary N) is 2. The van der Waals surface area contributed by atoms with Crippen LogP contribution in [-0.2, 0) is 4.79 Å².